The Labute approximate surface area is 157 Å². The van der Waals surface area contributed by atoms with E-state index in [-0.39, 0.29) is 18.2 Å². The fourth-order valence-corrected chi connectivity index (χ4v) is 3.01. The van der Waals surface area contributed by atoms with Gasteiger partial charge < -0.3 is 20.7 Å². The molecule has 140 valence electrons. The number of nitrogens with zero attached hydrogens (tertiary/aromatic N) is 1. The molecule has 3 rings (SSSR count). The standard InChI is InChI=1S/C20H21N3O4/c1-27-17-8-2-13(3-9-17)11-23-12-15(10-18(23)24)20(26)22-16-6-4-14(5-7-16)19(21)25/h2-9,15H,10-12H2,1H3,(H2,21,25)(H,22,26). The predicted molar refractivity (Wildman–Crippen MR) is 100 cm³/mol. The zero-order valence-corrected chi connectivity index (χ0v) is 15.0. The summed E-state index contributed by atoms with van der Waals surface area (Å²) in [7, 11) is 1.60. The molecule has 0 radical (unpaired) electrons. The molecule has 7 nitrogen and oxygen atoms in total. The van der Waals surface area contributed by atoms with E-state index in [2.05, 4.69) is 5.32 Å². The van der Waals surface area contributed by atoms with Crippen LogP contribution in [0.5, 0.6) is 5.75 Å². The van der Waals surface area contributed by atoms with Crippen molar-refractivity contribution in [2.24, 2.45) is 11.7 Å². The van der Waals surface area contributed by atoms with E-state index in [0.717, 1.165) is 11.3 Å². The Kier molecular flexibility index (Phi) is 5.40. The van der Waals surface area contributed by atoms with E-state index in [1.54, 1.807) is 36.3 Å². The van der Waals surface area contributed by atoms with E-state index < -0.39 is 11.8 Å². The Hall–Kier alpha value is -3.35. The Balaban J connectivity index is 1.58. The van der Waals surface area contributed by atoms with Crippen molar-refractivity contribution in [3.63, 3.8) is 0 Å². The van der Waals surface area contributed by atoms with Gasteiger partial charge in [0.1, 0.15) is 5.75 Å². The highest BCUT2D eigenvalue weighted by Crippen LogP contribution is 2.23. The molecular weight excluding hydrogens is 346 g/mol. The monoisotopic (exact) mass is 367 g/mol. The minimum atomic E-state index is -0.525. The molecule has 3 N–H and O–H groups in total. The molecule has 0 spiro atoms. The highest BCUT2D eigenvalue weighted by molar-refractivity contribution is 5.98. The molecule has 0 aliphatic carbocycles. The van der Waals surface area contributed by atoms with Gasteiger partial charge in [-0.15, -0.1) is 0 Å². The maximum atomic E-state index is 12.5. The third kappa shape index (κ3) is 4.44. The lowest BCUT2D eigenvalue weighted by molar-refractivity contribution is -0.128. The highest BCUT2D eigenvalue weighted by atomic mass is 16.5. The van der Waals surface area contributed by atoms with Crippen LogP contribution < -0.4 is 15.8 Å². The molecule has 2 aromatic rings. The Bertz CT molecular complexity index is 847. The number of hydrogen-bond donors (Lipinski definition) is 2. The molecule has 1 saturated heterocycles. The Morgan fingerprint density at radius 1 is 1.15 bits per heavy atom. The van der Waals surface area contributed by atoms with Gasteiger partial charge in [0.05, 0.1) is 13.0 Å². The van der Waals surface area contributed by atoms with Gasteiger partial charge in [-0.3, -0.25) is 14.4 Å². The summed E-state index contributed by atoms with van der Waals surface area (Å²) in [4.78, 5) is 37.5. The van der Waals surface area contributed by atoms with Gasteiger partial charge >= 0.3 is 0 Å². The zero-order valence-electron chi connectivity index (χ0n) is 15.0. The molecule has 1 aliphatic rings. The van der Waals surface area contributed by atoms with Crippen LogP contribution in [0, 0.1) is 5.92 Å². The summed E-state index contributed by atoms with van der Waals surface area (Å²) in [6, 6.07) is 13.8. The van der Waals surface area contributed by atoms with Crippen LogP contribution in [-0.2, 0) is 16.1 Å². The summed E-state index contributed by atoms with van der Waals surface area (Å²) < 4.78 is 5.13. The Morgan fingerprint density at radius 2 is 1.81 bits per heavy atom. The van der Waals surface area contributed by atoms with Gasteiger partial charge in [0.15, 0.2) is 0 Å². The fourth-order valence-electron chi connectivity index (χ4n) is 3.01. The van der Waals surface area contributed by atoms with Crippen molar-refractivity contribution in [3.05, 3.63) is 59.7 Å². The van der Waals surface area contributed by atoms with Gasteiger partial charge in [-0.2, -0.15) is 0 Å². The van der Waals surface area contributed by atoms with Crippen molar-refractivity contribution in [1.29, 1.82) is 0 Å². The number of amides is 3. The van der Waals surface area contributed by atoms with Crippen molar-refractivity contribution in [2.45, 2.75) is 13.0 Å². The topological polar surface area (TPSA) is 102 Å². The first-order chi connectivity index (χ1) is 13.0. The first-order valence-corrected chi connectivity index (χ1v) is 8.57. The van der Waals surface area contributed by atoms with Crippen LogP contribution in [0.25, 0.3) is 0 Å². The quantitative estimate of drug-likeness (QED) is 0.812. The van der Waals surface area contributed by atoms with Crippen LogP contribution in [0.2, 0.25) is 0 Å². The Morgan fingerprint density at radius 3 is 2.41 bits per heavy atom. The second kappa shape index (κ2) is 7.90. The second-order valence-corrected chi connectivity index (χ2v) is 6.45. The van der Waals surface area contributed by atoms with Gasteiger partial charge in [0.2, 0.25) is 17.7 Å². The number of nitrogens with one attached hydrogen (secondary N) is 1. The number of carbonyl (C=O) groups is 3. The van der Waals surface area contributed by atoms with Gasteiger partial charge in [-0.25, -0.2) is 0 Å². The number of methoxy groups -OCH3 is 1. The maximum Gasteiger partial charge on any atom is 0.248 e. The lowest BCUT2D eigenvalue weighted by Gasteiger charge is -2.17. The summed E-state index contributed by atoms with van der Waals surface area (Å²) in [5.74, 6) is -0.441. The number of nitrogens with two attached hydrogens (primary N) is 1. The molecule has 0 saturated carbocycles. The van der Waals surface area contributed by atoms with E-state index in [9.17, 15) is 14.4 Å². The number of ether oxygens (including phenoxy) is 1. The number of likely N-dealkylation sites (tertiary alicyclic amines) is 1. The van der Waals surface area contributed by atoms with E-state index in [1.165, 1.54) is 0 Å². The van der Waals surface area contributed by atoms with Crippen LogP contribution >= 0.6 is 0 Å². The molecule has 27 heavy (non-hydrogen) atoms. The van der Waals surface area contributed by atoms with Crippen LogP contribution in [0.4, 0.5) is 5.69 Å². The lowest BCUT2D eigenvalue weighted by Crippen LogP contribution is -2.28. The summed E-state index contributed by atoms with van der Waals surface area (Å²) in [6.45, 7) is 0.829. The average Bonchev–Trinajstić information content (AvgIpc) is 3.03. The number of benzene rings is 2. The van der Waals surface area contributed by atoms with E-state index in [0.29, 0.717) is 24.3 Å². The minimum Gasteiger partial charge on any atom is -0.497 e. The maximum absolute atomic E-state index is 12.5. The molecule has 2 aromatic carbocycles. The molecule has 1 aliphatic heterocycles. The third-order valence-corrected chi connectivity index (χ3v) is 4.55. The lowest BCUT2D eigenvalue weighted by atomic mass is 10.1. The summed E-state index contributed by atoms with van der Waals surface area (Å²) in [5.41, 5.74) is 7.11. The molecule has 1 unspecified atom stereocenters. The SMILES string of the molecule is COc1ccc(CN2CC(C(=O)Nc3ccc(C(N)=O)cc3)CC2=O)cc1. The first kappa shape index (κ1) is 18.4. The normalized spacial score (nSPS) is 16.3. The van der Waals surface area contributed by atoms with Crippen molar-refractivity contribution >= 4 is 23.4 Å². The summed E-state index contributed by atoms with van der Waals surface area (Å²) >= 11 is 0. The molecule has 1 heterocycles. The molecule has 7 heteroatoms. The van der Waals surface area contributed by atoms with Gasteiger partial charge in [-0.1, -0.05) is 12.1 Å². The van der Waals surface area contributed by atoms with Crippen LogP contribution in [-0.4, -0.2) is 36.3 Å². The van der Waals surface area contributed by atoms with Crippen LogP contribution in [0.1, 0.15) is 22.3 Å². The zero-order chi connectivity index (χ0) is 19.4. The average molecular weight is 367 g/mol. The summed E-state index contributed by atoms with van der Waals surface area (Å²) in [6.07, 6.45) is 0.182. The minimum absolute atomic E-state index is 0.0463. The molecule has 1 atom stereocenters. The van der Waals surface area contributed by atoms with Crippen molar-refractivity contribution < 1.29 is 19.1 Å². The first-order valence-electron chi connectivity index (χ1n) is 8.57. The third-order valence-electron chi connectivity index (χ3n) is 4.55. The van der Waals surface area contributed by atoms with Gasteiger partial charge in [-0.05, 0) is 42.0 Å². The number of hydrogen-bond acceptors (Lipinski definition) is 4. The second-order valence-electron chi connectivity index (χ2n) is 6.45. The molecule has 0 bridgehead atoms. The smallest absolute Gasteiger partial charge is 0.248 e. The number of anilines is 1. The molecule has 1 fully saturated rings. The van der Waals surface area contributed by atoms with E-state index in [1.807, 2.05) is 24.3 Å². The van der Waals surface area contributed by atoms with E-state index >= 15 is 0 Å². The van der Waals surface area contributed by atoms with Crippen molar-refractivity contribution in [3.8, 4) is 5.75 Å². The number of rotatable bonds is 6. The van der Waals surface area contributed by atoms with Crippen LogP contribution in [0.15, 0.2) is 48.5 Å². The summed E-state index contributed by atoms with van der Waals surface area (Å²) in [5, 5.41) is 2.78. The molecule has 0 aromatic heterocycles. The highest BCUT2D eigenvalue weighted by Gasteiger charge is 2.34. The van der Waals surface area contributed by atoms with Crippen molar-refractivity contribution in [1.82, 2.24) is 4.90 Å². The van der Waals surface area contributed by atoms with Gasteiger partial charge in [0, 0.05) is 30.8 Å². The molecule has 3 amide bonds. The van der Waals surface area contributed by atoms with Gasteiger partial charge in [0.25, 0.3) is 0 Å². The predicted octanol–water partition coefficient (Wildman–Crippen LogP) is 1.78. The van der Waals surface area contributed by atoms with Crippen molar-refractivity contribution in [2.75, 3.05) is 19.0 Å². The molecular formula is C20H21N3O4. The number of carbonyl (C=O) groups excluding carboxylic acids is 3. The number of primary amides is 1. The largest absolute Gasteiger partial charge is 0.497 e. The van der Waals surface area contributed by atoms with Crippen LogP contribution in [0.3, 0.4) is 0 Å². The fraction of sp³-hybridized carbons (Fsp3) is 0.250. The van der Waals surface area contributed by atoms with E-state index in [4.69, 9.17) is 10.5 Å².